The SMILES string of the molecule is C[C@@H]1CN(c2cc(Oc3ccccc3Cl)ncn2)CCN1C(=O)NC(C)(C)C. The van der Waals surface area contributed by atoms with Crippen LogP contribution in [0.4, 0.5) is 10.6 Å². The molecule has 3 rings (SSSR count). The number of carbonyl (C=O) groups excluding carboxylic acids is 1. The van der Waals surface area contributed by atoms with Gasteiger partial charge in [-0.2, -0.15) is 0 Å². The van der Waals surface area contributed by atoms with Gasteiger partial charge in [-0.15, -0.1) is 0 Å². The van der Waals surface area contributed by atoms with Crippen molar-refractivity contribution in [3.05, 3.63) is 41.7 Å². The molecule has 1 saturated heterocycles. The van der Waals surface area contributed by atoms with Gasteiger partial charge in [0.15, 0.2) is 0 Å². The van der Waals surface area contributed by atoms with Crippen LogP contribution in [-0.2, 0) is 0 Å². The van der Waals surface area contributed by atoms with Gasteiger partial charge >= 0.3 is 6.03 Å². The number of anilines is 1. The Kier molecular flexibility index (Phi) is 5.93. The van der Waals surface area contributed by atoms with E-state index in [1.54, 1.807) is 18.2 Å². The zero-order valence-corrected chi connectivity index (χ0v) is 17.4. The van der Waals surface area contributed by atoms with E-state index in [-0.39, 0.29) is 17.6 Å². The van der Waals surface area contributed by atoms with Crippen molar-refractivity contribution in [2.45, 2.75) is 39.3 Å². The number of rotatable bonds is 3. The van der Waals surface area contributed by atoms with Gasteiger partial charge in [-0.25, -0.2) is 14.8 Å². The summed E-state index contributed by atoms with van der Waals surface area (Å²) in [6.45, 7) is 9.96. The number of amides is 2. The number of para-hydroxylation sites is 1. The van der Waals surface area contributed by atoms with E-state index in [1.807, 2.05) is 44.7 Å². The molecule has 0 bridgehead atoms. The van der Waals surface area contributed by atoms with Crippen LogP contribution in [0.5, 0.6) is 11.6 Å². The van der Waals surface area contributed by atoms with Crippen LogP contribution in [0.2, 0.25) is 5.02 Å². The molecule has 1 N–H and O–H groups in total. The smallest absolute Gasteiger partial charge is 0.318 e. The molecule has 0 spiro atoms. The average Bonchev–Trinajstić information content (AvgIpc) is 2.62. The Labute approximate surface area is 170 Å². The molecular formula is C20H26ClN5O2. The van der Waals surface area contributed by atoms with Crippen molar-refractivity contribution in [2.75, 3.05) is 24.5 Å². The Morgan fingerprint density at radius 3 is 2.68 bits per heavy atom. The summed E-state index contributed by atoms with van der Waals surface area (Å²) in [7, 11) is 0. The van der Waals surface area contributed by atoms with E-state index >= 15 is 0 Å². The van der Waals surface area contributed by atoms with Crippen molar-refractivity contribution in [1.82, 2.24) is 20.2 Å². The van der Waals surface area contributed by atoms with Crippen LogP contribution in [0.3, 0.4) is 0 Å². The molecule has 1 aromatic heterocycles. The highest BCUT2D eigenvalue weighted by Gasteiger charge is 2.30. The van der Waals surface area contributed by atoms with Crippen molar-refractivity contribution >= 4 is 23.4 Å². The van der Waals surface area contributed by atoms with Gasteiger partial charge in [-0.1, -0.05) is 23.7 Å². The molecule has 1 atom stereocenters. The lowest BCUT2D eigenvalue weighted by molar-refractivity contribution is 0.163. The summed E-state index contributed by atoms with van der Waals surface area (Å²) in [6.07, 6.45) is 1.48. The Morgan fingerprint density at radius 1 is 1.25 bits per heavy atom. The minimum atomic E-state index is -0.258. The lowest BCUT2D eigenvalue weighted by Gasteiger charge is -2.41. The van der Waals surface area contributed by atoms with Crippen LogP contribution in [0, 0.1) is 0 Å². The Balaban J connectivity index is 1.67. The molecule has 1 aromatic carbocycles. The van der Waals surface area contributed by atoms with Crippen LogP contribution in [0.25, 0.3) is 0 Å². The van der Waals surface area contributed by atoms with E-state index < -0.39 is 0 Å². The third-order valence-electron chi connectivity index (χ3n) is 4.37. The van der Waals surface area contributed by atoms with Crippen LogP contribution in [0.15, 0.2) is 36.7 Å². The number of urea groups is 1. The van der Waals surface area contributed by atoms with Gasteiger partial charge in [0.1, 0.15) is 17.9 Å². The molecule has 0 unspecified atom stereocenters. The molecule has 8 heteroatoms. The second-order valence-corrected chi connectivity index (χ2v) is 8.32. The van der Waals surface area contributed by atoms with E-state index in [0.29, 0.717) is 36.3 Å². The summed E-state index contributed by atoms with van der Waals surface area (Å²) >= 11 is 6.15. The van der Waals surface area contributed by atoms with Gasteiger partial charge in [0.25, 0.3) is 0 Å². The number of carbonyl (C=O) groups is 1. The molecular weight excluding hydrogens is 378 g/mol. The van der Waals surface area contributed by atoms with Gasteiger partial charge in [-0.3, -0.25) is 0 Å². The summed E-state index contributed by atoms with van der Waals surface area (Å²) in [5.74, 6) is 1.74. The lowest BCUT2D eigenvalue weighted by atomic mass is 10.1. The molecule has 2 amide bonds. The molecule has 28 heavy (non-hydrogen) atoms. The van der Waals surface area contributed by atoms with E-state index in [0.717, 1.165) is 5.82 Å². The maximum Gasteiger partial charge on any atom is 0.318 e. The van der Waals surface area contributed by atoms with Gasteiger partial charge in [-0.05, 0) is 39.8 Å². The number of hydrogen-bond acceptors (Lipinski definition) is 5. The summed E-state index contributed by atoms with van der Waals surface area (Å²) in [5.41, 5.74) is -0.258. The van der Waals surface area contributed by atoms with Crippen molar-refractivity contribution in [2.24, 2.45) is 0 Å². The second-order valence-electron chi connectivity index (χ2n) is 7.92. The van der Waals surface area contributed by atoms with Crippen molar-refractivity contribution in [3.8, 4) is 11.6 Å². The maximum absolute atomic E-state index is 12.5. The van der Waals surface area contributed by atoms with Crippen LogP contribution >= 0.6 is 11.6 Å². The third-order valence-corrected chi connectivity index (χ3v) is 4.69. The highest BCUT2D eigenvalue weighted by atomic mass is 35.5. The zero-order chi connectivity index (χ0) is 20.3. The quantitative estimate of drug-likeness (QED) is 0.840. The van der Waals surface area contributed by atoms with Gasteiger partial charge in [0.2, 0.25) is 5.88 Å². The van der Waals surface area contributed by atoms with Crippen LogP contribution in [-0.4, -0.2) is 52.1 Å². The molecule has 0 saturated carbocycles. The fourth-order valence-electron chi connectivity index (χ4n) is 3.06. The van der Waals surface area contributed by atoms with E-state index in [9.17, 15) is 4.79 Å². The largest absolute Gasteiger partial charge is 0.437 e. The third kappa shape index (κ3) is 5.04. The number of nitrogens with one attached hydrogen (secondary N) is 1. The van der Waals surface area contributed by atoms with Crippen LogP contribution < -0.4 is 15.0 Å². The van der Waals surface area contributed by atoms with E-state index in [4.69, 9.17) is 16.3 Å². The number of nitrogens with zero attached hydrogens (tertiary/aromatic N) is 4. The predicted molar refractivity (Wildman–Crippen MR) is 110 cm³/mol. The summed E-state index contributed by atoms with van der Waals surface area (Å²) in [5, 5.41) is 3.55. The Morgan fingerprint density at radius 2 is 2.00 bits per heavy atom. The van der Waals surface area contributed by atoms with Crippen molar-refractivity contribution in [3.63, 3.8) is 0 Å². The molecule has 2 aromatic rings. The molecule has 2 heterocycles. The molecule has 1 aliphatic rings. The minimum absolute atomic E-state index is 0.0370. The highest BCUT2D eigenvalue weighted by Crippen LogP contribution is 2.29. The van der Waals surface area contributed by atoms with E-state index in [1.165, 1.54) is 6.33 Å². The predicted octanol–water partition coefficient (Wildman–Crippen LogP) is 3.94. The number of piperazine rings is 1. The Hall–Kier alpha value is -2.54. The highest BCUT2D eigenvalue weighted by molar-refractivity contribution is 6.32. The standard InChI is InChI=1S/C20H26ClN5O2/c1-14-12-25(9-10-26(14)19(27)24-20(2,3)4)17-11-18(23-13-22-17)28-16-8-6-5-7-15(16)21/h5-8,11,13-14H,9-10,12H2,1-4H3,(H,24,27)/t14-/m1/s1. The first-order valence-corrected chi connectivity index (χ1v) is 9.69. The summed E-state index contributed by atoms with van der Waals surface area (Å²) in [4.78, 5) is 25.0. The number of aromatic nitrogens is 2. The molecule has 7 nitrogen and oxygen atoms in total. The first-order chi connectivity index (χ1) is 13.2. The zero-order valence-electron chi connectivity index (χ0n) is 16.6. The average molecular weight is 404 g/mol. The molecule has 150 valence electrons. The maximum atomic E-state index is 12.5. The van der Waals surface area contributed by atoms with Gasteiger partial charge in [0.05, 0.1) is 5.02 Å². The summed E-state index contributed by atoms with van der Waals surface area (Å²) in [6, 6.07) is 9.07. The Bertz CT molecular complexity index is 839. The fourth-order valence-corrected chi connectivity index (χ4v) is 3.23. The van der Waals surface area contributed by atoms with Crippen molar-refractivity contribution < 1.29 is 9.53 Å². The number of ether oxygens (including phenoxy) is 1. The van der Waals surface area contributed by atoms with Crippen LogP contribution in [0.1, 0.15) is 27.7 Å². The molecule has 0 aliphatic carbocycles. The normalized spacial score (nSPS) is 17.4. The monoisotopic (exact) mass is 403 g/mol. The van der Waals surface area contributed by atoms with Gasteiger partial charge < -0.3 is 19.9 Å². The van der Waals surface area contributed by atoms with Gasteiger partial charge in [0, 0.05) is 37.3 Å². The number of hydrogen-bond donors (Lipinski definition) is 1. The molecule has 1 fully saturated rings. The fraction of sp³-hybridized carbons (Fsp3) is 0.450. The minimum Gasteiger partial charge on any atom is -0.437 e. The van der Waals surface area contributed by atoms with E-state index in [2.05, 4.69) is 20.2 Å². The van der Waals surface area contributed by atoms with Crippen molar-refractivity contribution in [1.29, 1.82) is 0 Å². The molecule has 1 aliphatic heterocycles. The second kappa shape index (κ2) is 8.22. The lowest BCUT2D eigenvalue weighted by Crippen LogP contribution is -2.59. The summed E-state index contributed by atoms with van der Waals surface area (Å²) < 4.78 is 5.80. The number of halogens is 1. The first-order valence-electron chi connectivity index (χ1n) is 9.31. The first kappa shape index (κ1) is 20.2. The molecule has 0 radical (unpaired) electrons. The topological polar surface area (TPSA) is 70.6 Å². The number of benzene rings is 1.